The molecule has 0 aliphatic carbocycles. The van der Waals surface area contributed by atoms with Crippen LogP contribution in [-0.4, -0.2) is 60.5 Å². The molecular formula is C21H28FN5O5S2. The average molecular weight is 514 g/mol. The monoisotopic (exact) mass is 513 g/mol. The van der Waals surface area contributed by atoms with Crippen molar-refractivity contribution in [3.05, 3.63) is 41.7 Å². The Bertz CT molecular complexity index is 1110. The first-order valence-corrected chi connectivity index (χ1v) is 13.2. The Morgan fingerprint density at radius 3 is 2.65 bits per heavy atom. The summed E-state index contributed by atoms with van der Waals surface area (Å²) >= 11 is 1.25. The summed E-state index contributed by atoms with van der Waals surface area (Å²) < 4.78 is 59.4. The highest BCUT2D eigenvalue weighted by Gasteiger charge is 2.37. The lowest BCUT2D eigenvalue weighted by Gasteiger charge is -2.35. The van der Waals surface area contributed by atoms with Crippen molar-refractivity contribution in [1.82, 2.24) is 14.3 Å². The largest absolute Gasteiger partial charge is 0.456 e. The topological polar surface area (TPSA) is 129 Å². The Morgan fingerprint density at radius 1 is 1.32 bits per heavy atom. The smallest absolute Gasteiger partial charge is 0.302 e. The third-order valence-corrected chi connectivity index (χ3v) is 7.58. The van der Waals surface area contributed by atoms with E-state index in [1.807, 2.05) is 6.92 Å². The molecule has 2 fully saturated rings. The molecule has 2 aliphatic heterocycles. The Labute approximate surface area is 202 Å². The zero-order valence-corrected chi connectivity index (χ0v) is 20.7. The van der Waals surface area contributed by atoms with Crippen LogP contribution in [0.2, 0.25) is 0 Å². The average Bonchev–Trinajstić information content (AvgIpc) is 3.10. The third kappa shape index (κ3) is 6.34. The van der Waals surface area contributed by atoms with Crippen LogP contribution in [0.15, 0.2) is 35.5 Å². The number of hydrogen-bond donors (Lipinski definition) is 2. The summed E-state index contributed by atoms with van der Waals surface area (Å²) in [5.41, 5.74) is 7.01. The molecule has 0 bridgehead atoms. The van der Waals surface area contributed by atoms with Gasteiger partial charge in [0.05, 0.1) is 6.61 Å². The highest BCUT2D eigenvalue weighted by molar-refractivity contribution is 7.98. The van der Waals surface area contributed by atoms with E-state index in [-0.39, 0.29) is 29.3 Å². The Balaban J connectivity index is 1.52. The normalized spacial score (nSPS) is 21.7. The van der Waals surface area contributed by atoms with Gasteiger partial charge in [-0.15, -0.1) is 0 Å². The number of nitrogens with two attached hydrogens (primary N) is 1. The second-order valence-corrected chi connectivity index (χ2v) is 11.4. The lowest BCUT2D eigenvalue weighted by atomic mass is 10.1. The van der Waals surface area contributed by atoms with E-state index in [0.29, 0.717) is 24.8 Å². The number of nitrogens with zero attached hydrogens (tertiary/aromatic N) is 3. The maximum absolute atomic E-state index is 13.2. The first-order chi connectivity index (χ1) is 16.0. The summed E-state index contributed by atoms with van der Waals surface area (Å²) in [5.74, 6) is -0.206. The molecule has 2 aromatic rings. The van der Waals surface area contributed by atoms with Gasteiger partial charge in [-0.25, -0.2) is 9.37 Å². The van der Waals surface area contributed by atoms with Crippen LogP contribution in [0.4, 0.5) is 10.2 Å². The van der Waals surface area contributed by atoms with Gasteiger partial charge < -0.3 is 14.2 Å². The van der Waals surface area contributed by atoms with Crippen molar-refractivity contribution in [2.24, 2.45) is 11.7 Å². The number of rotatable bonds is 9. The van der Waals surface area contributed by atoms with E-state index in [1.165, 1.54) is 34.3 Å². The highest BCUT2D eigenvalue weighted by atomic mass is 32.2. The number of anilines is 1. The summed E-state index contributed by atoms with van der Waals surface area (Å²) in [6.07, 6.45) is -1.42. The van der Waals surface area contributed by atoms with Gasteiger partial charge in [0.25, 0.3) is 0 Å². The van der Waals surface area contributed by atoms with Gasteiger partial charge in [-0.1, -0.05) is 30.8 Å². The fourth-order valence-corrected chi connectivity index (χ4v) is 5.64. The molecule has 186 valence electrons. The maximum Gasteiger partial charge on any atom is 0.302 e. The summed E-state index contributed by atoms with van der Waals surface area (Å²) in [7, 11) is -3.76. The van der Waals surface area contributed by atoms with Crippen LogP contribution >= 0.6 is 11.8 Å². The van der Waals surface area contributed by atoms with Gasteiger partial charge in [-0.3, -0.25) is 10.5 Å². The number of nitrogens with one attached hydrogen (secondary N) is 1. The summed E-state index contributed by atoms with van der Waals surface area (Å²) in [6.45, 7) is 6.66. The van der Waals surface area contributed by atoms with Gasteiger partial charge in [0.2, 0.25) is 5.88 Å². The summed E-state index contributed by atoms with van der Waals surface area (Å²) in [6, 6.07) is 7.44. The molecule has 2 aliphatic rings. The molecule has 0 unspecified atom stereocenters. The van der Waals surface area contributed by atoms with Crippen molar-refractivity contribution >= 4 is 27.8 Å². The van der Waals surface area contributed by atoms with E-state index >= 15 is 0 Å². The standard InChI is InChI=1S/C21H28FN5O5S2/c1-13-9-27(10-13)34(28,29)26-17-8-18(31-19(23)16-11-30-21(2,3)32-16)25-20(24-17)33-12-14-4-6-15(22)7-5-14/h4-8,13,16,19H,9-12,23H2,1-3H3,(H,24,25,26)/t16-,19-/m0/s1. The van der Waals surface area contributed by atoms with Crippen molar-refractivity contribution in [2.75, 3.05) is 24.4 Å². The number of benzene rings is 1. The van der Waals surface area contributed by atoms with Crippen molar-refractivity contribution in [3.63, 3.8) is 0 Å². The predicted molar refractivity (Wildman–Crippen MR) is 125 cm³/mol. The van der Waals surface area contributed by atoms with Crippen molar-refractivity contribution in [1.29, 1.82) is 0 Å². The molecular weight excluding hydrogens is 485 g/mol. The first-order valence-electron chi connectivity index (χ1n) is 10.8. The molecule has 1 aromatic heterocycles. The Morgan fingerprint density at radius 2 is 2.03 bits per heavy atom. The minimum Gasteiger partial charge on any atom is -0.456 e. The van der Waals surface area contributed by atoms with Crippen LogP contribution < -0.4 is 15.2 Å². The molecule has 34 heavy (non-hydrogen) atoms. The van der Waals surface area contributed by atoms with Gasteiger partial charge in [0.15, 0.2) is 17.2 Å². The van der Waals surface area contributed by atoms with Crippen molar-refractivity contribution < 1.29 is 27.0 Å². The second-order valence-electron chi connectivity index (χ2n) is 8.77. The maximum atomic E-state index is 13.2. The lowest BCUT2D eigenvalue weighted by Crippen LogP contribution is -2.50. The van der Waals surface area contributed by atoms with E-state index in [4.69, 9.17) is 19.9 Å². The molecule has 0 saturated carbocycles. The van der Waals surface area contributed by atoms with Gasteiger partial charge >= 0.3 is 10.2 Å². The zero-order valence-electron chi connectivity index (χ0n) is 19.1. The zero-order chi connectivity index (χ0) is 24.5. The van der Waals surface area contributed by atoms with Crippen molar-refractivity contribution in [2.45, 2.75) is 49.8 Å². The molecule has 0 spiro atoms. The number of ether oxygens (including phenoxy) is 3. The van der Waals surface area contributed by atoms with Gasteiger partial charge in [0, 0.05) is 24.9 Å². The second kappa shape index (κ2) is 9.91. The molecule has 0 radical (unpaired) electrons. The molecule has 10 nitrogen and oxygen atoms in total. The minimum absolute atomic E-state index is 0.0577. The molecule has 3 heterocycles. The van der Waals surface area contributed by atoms with E-state index in [2.05, 4.69) is 14.7 Å². The predicted octanol–water partition coefficient (Wildman–Crippen LogP) is 2.33. The van der Waals surface area contributed by atoms with Crippen LogP contribution in [0.3, 0.4) is 0 Å². The molecule has 2 atom stereocenters. The van der Waals surface area contributed by atoms with E-state index in [9.17, 15) is 12.8 Å². The number of thioether (sulfide) groups is 1. The van der Waals surface area contributed by atoms with Gasteiger partial charge in [0.1, 0.15) is 17.7 Å². The quantitative estimate of drug-likeness (QED) is 0.295. The SMILES string of the molecule is CC1CN(S(=O)(=O)Nc2cc(O[C@H](N)[C@@H]3COC(C)(C)O3)nc(SCc3ccc(F)cc3)n2)C1. The molecule has 1 aromatic carbocycles. The lowest BCUT2D eigenvalue weighted by molar-refractivity contribution is -0.148. The minimum atomic E-state index is -3.76. The number of halogens is 1. The van der Waals surface area contributed by atoms with Crippen LogP contribution in [0.5, 0.6) is 5.88 Å². The van der Waals surface area contributed by atoms with Crippen molar-refractivity contribution in [3.8, 4) is 5.88 Å². The van der Waals surface area contributed by atoms with E-state index in [1.54, 1.807) is 26.0 Å². The van der Waals surface area contributed by atoms with E-state index in [0.717, 1.165) is 5.56 Å². The number of hydrogen-bond acceptors (Lipinski definition) is 9. The van der Waals surface area contributed by atoms with E-state index < -0.39 is 28.3 Å². The molecule has 2 saturated heterocycles. The molecule has 4 rings (SSSR count). The van der Waals surface area contributed by atoms with Gasteiger partial charge in [-0.05, 0) is 37.5 Å². The molecule has 0 amide bonds. The first kappa shape index (κ1) is 25.1. The van der Waals surface area contributed by atoms with Gasteiger partial charge in [-0.2, -0.15) is 17.7 Å². The fraction of sp³-hybridized carbons (Fsp3) is 0.524. The third-order valence-electron chi connectivity index (χ3n) is 5.22. The Hall–Kier alpha value is -2.03. The summed E-state index contributed by atoms with van der Waals surface area (Å²) in [4.78, 5) is 8.69. The van der Waals surface area contributed by atoms with Crippen LogP contribution in [-0.2, 0) is 25.4 Å². The van der Waals surface area contributed by atoms with Crippen LogP contribution in [0, 0.1) is 11.7 Å². The highest BCUT2D eigenvalue weighted by Crippen LogP contribution is 2.28. The molecule has 13 heteroatoms. The Kier molecular flexibility index (Phi) is 7.31. The summed E-state index contributed by atoms with van der Waals surface area (Å²) in [5, 5.41) is 0.271. The fourth-order valence-electron chi connectivity index (χ4n) is 3.44. The van der Waals surface area contributed by atoms with Crippen LogP contribution in [0.25, 0.3) is 0 Å². The van der Waals surface area contributed by atoms with Crippen LogP contribution in [0.1, 0.15) is 26.3 Å². The molecule has 3 N–H and O–H groups in total. The number of aromatic nitrogens is 2.